The Morgan fingerprint density at radius 1 is 0.935 bits per heavy atom. The predicted molar refractivity (Wildman–Crippen MR) is 118 cm³/mol. The van der Waals surface area contributed by atoms with Gasteiger partial charge < -0.3 is 24.7 Å². The molecule has 7 nitrogen and oxygen atoms in total. The maximum absolute atomic E-state index is 12.7. The van der Waals surface area contributed by atoms with Gasteiger partial charge in [0.15, 0.2) is 18.1 Å². The first kappa shape index (κ1) is 24.1. The lowest BCUT2D eigenvalue weighted by molar-refractivity contribution is -0.120. The van der Waals surface area contributed by atoms with Crippen LogP contribution in [0.4, 0.5) is 0 Å². The van der Waals surface area contributed by atoms with Crippen molar-refractivity contribution >= 4 is 11.9 Å². The van der Waals surface area contributed by atoms with E-state index in [-0.39, 0.29) is 41.4 Å². The van der Waals surface area contributed by atoms with Crippen LogP contribution in [-0.2, 0) is 21.6 Å². The molecule has 1 amide bonds. The van der Waals surface area contributed by atoms with E-state index in [0.29, 0.717) is 0 Å². The molecule has 0 saturated heterocycles. The average Bonchev–Trinajstić information content (AvgIpc) is 2.69. The first-order valence-corrected chi connectivity index (χ1v) is 9.92. The van der Waals surface area contributed by atoms with Gasteiger partial charge in [0.05, 0.1) is 19.8 Å². The molecular weight excluding hydrogens is 398 g/mol. The van der Waals surface area contributed by atoms with Crippen LogP contribution in [0.3, 0.4) is 0 Å². The van der Waals surface area contributed by atoms with Gasteiger partial charge in [-0.2, -0.15) is 0 Å². The zero-order chi connectivity index (χ0) is 23.3. The fraction of sp³-hybridized carbons (Fsp3) is 0.417. The summed E-state index contributed by atoms with van der Waals surface area (Å²) in [5.74, 6) is -0.527. The summed E-state index contributed by atoms with van der Waals surface area (Å²) in [6.07, 6.45) is 0. The van der Waals surface area contributed by atoms with Crippen LogP contribution in [0.25, 0.3) is 0 Å². The Labute approximate surface area is 183 Å². The third-order valence-corrected chi connectivity index (χ3v) is 4.96. The van der Waals surface area contributed by atoms with Gasteiger partial charge in [0.25, 0.3) is 5.91 Å². The molecule has 2 aromatic rings. The molecule has 0 aliphatic carbocycles. The van der Waals surface area contributed by atoms with Crippen LogP contribution in [0.2, 0.25) is 0 Å². The van der Waals surface area contributed by atoms with Crippen LogP contribution in [-0.4, -0.2) is 32.7 Å². The smallest absolute Gasteiger partial charge is 0.338 e. The second kappa shape index (κ2) is 9.73. The van der Waals surface area contributed by atoms with Crippen molar-refractivity contribution in [3.63, 3.8) is 0 Å². The van der Waals surface area contributed by atoms with Crippen LogP contribution in [0.15, 0.2) is 24.3 Å². The van der Waals surface area contributed by atoms with E-state index in [4.69, 9.17) is 24.7 Å². The van der Waals surface area contributed by atoms with Crippen molar-refractivity contribution in [3.8, 4) is 17.2 Å². The van der Waals surface area contributed by atoms with E-state index in [1.54, 1.807) is 0 Å². The third-order valence-electron chi connectivity index (χ3n) is 4.96. The van der Waals surface area contributed by atoms with Gasteiger partial charge in [0.1, 0.15) is 6.61 Å². The zero-order valence-electron chi connectivity index (χ0n) is 19.3. The Bertz CT molecular complexity index is 927. The van der Waals surface area contributed by atoms with Crippen LogP contribution in [0.1, 0.15) is 53.4 Å². The number of hydrogen-bond donors (Lipinski definition) is 1. The van der Waals surface area contributed by atoms with Gasteiger partial charge in [-0.05, 0) is 53.6 Å². The van der Waals surface area contributed by atoms with Crippen LogP contribution >= 0.6 is 0 Å². The number of ether oxygens (including phenoxy) is 4. The van der Waals surface area contributed by atoms with Crippen LogP contribution < -0.4 is 19.9 Å². The molecule has 2 N–H and O–H groups in total. The van der Waals surface area contributed by atoms with E-state index in [0.717, 1.165) is 16.7 Å². The van der Waals surface area contributed by atoms with Gasteiger partial charge in [0.2, 0.25) is 5.75 Å². The van der Waals surface area contributed by atoms with E-state index in [1.807, 2.05) is 13.8 Å². The van der Waals surface area contributed by atoms with Crippen molar-refractivity contribution < 1.29 is 28.5 Å². The number of methoxy groups -OCH3 is 2. The Hall–Kier alpha value is -3.22. The van der Waals surface area contributed by atoms with E-state index in [9.17, 15) is 9.59 Å². The topological polar surface area (TPSA) is 97.1 Å². The number of hydrogen-bond acceptors (Lipinski definition) is 6. The SMILES string of the molecule is COc1cc(C(=O)OCc2c(C)cc(C(C)(C)C)cc2C)cc(OC)c1OCC(N)=O. The van der Waals surface area contributed by atoms with Gasteiger partial charge >= 0.3 is 5.97 Å². The molecule has 0 fully saturated rings. The van der Waals surface area contributed by atoms with Crippen molar-refractivity contribution in [3.05, 3.63) is 52.1 Å². The summed E-state index contributed by atoms with van der Waals surface area (Å²) in [6, 6.07) is 7.22. The normalized spacial score (nSPS) is 11.1. The zero-order valence-corrected chi connectivity index (χ0v) is 19.3. The molecule has 0 radical (unpaired) electrons. The van der Waals surface area contributed by atoms with Gasteiger partial charge in [-0.15, -0.1) is 0 Å². The summed E-state index contributed by atoms with van der Waals surface area (Å²) in [4.78, 5) is 23.8. The van der Waals surface area contributed by atoms with E-state index >= 15 is 0 Å². The molecule has 0 saturated carbocycles. The molecule has 0 bridgehead atoms. The lowest BCUT2D eigenvalue weighted by Crippen LogP contribution is -2.20. The summed E-state index contributed by atoms with van der Waals surface area (Å²) in [5, 5.41) is 0. The summed E-state index contributed by atoms with van der Waals surface area (Å²) in [6.45, 7) is 10.3. The number of aryl methyl sites for hydroxylation is 2. The number of benzene rings is 2. The quantitative estimate of drug-likeness (QED) is 0.641. The average molecular weight is 430 g/mol. The Morgan fingerprint density at radius 3 is 1.87 bits per heavy atom. The standard InChI is InChI=1S/C24H31NO6/c1-14-8-17(24(3,4)5)9-15(2)18(14)12-31-23(27)16-10-19(28-6)22(20(11-16)29-7)30-13-21(25)26/h8-11H,12-13H2,1-7H3,(H2,25,26). The lowest BCUT2D eigenvalue weighted by Gasteiger charge is -2.22. The van der Waals surface area contributed by atoms with Gasteiger partial charge in [-0.3, -0.25) is 4.79 Å². The highest BCUT2D eigenvalue weighted by molar-refractivity contribution is 5.91. The lowest BCUT2D eigenvalue weighted by atomic mass is 9.84. The van der Waals surface area contributed by atoms with Crippen molar-refractivity contribution in [1.29, 1.82) is 0 Å². The molecule has 0 aromatic heterocycles. The number of esters is 1. The van der Waals surface area contributed by atoms with Gasteiger partial charge in [0, 0.05) is 0 Å². The Balaban J connectivity index is 2.25. The maximum atomic E-state index is 12.7. The summed E-state index contributed by atoms with van der Waals surface area (Å²) >= 11 is 0. The monoisotopic (exact) mass is 429 g/mol. The number of amides is 1. The van der Waals surface area contributed by atoms with Crippen molar-refractivity contribution in [2.24, 2.45) is 5.73 Å². The highest BCUT2D eigenvalue weighted by Crippen LogP contribution is 2.39. The fourth-order valence-electron chi connectivity index (χ4n) is 3.16. The minimum Gasteiger partial charge on any atom is -0.493 e. The molecule has 0 atom stereocenters. The molecule has 0 aliphatic heterocycles. The number of carbonyl (C=O) groups excluding carboxylic acids is 2. The van der Waals surface area contributed by atoms with Crippen molar-refractivity contribution in [2.75, 3.05) is 20.8 Å². The number of nitrogens with two attached hydrogens (primary N) is 1. The molecule has 31 heavy (non-hydrogen) atoms. The Morgan fingerprint density at radius 2 is 1.45 bits per heavy atom. The molecule has 7 heteroatoms. The number of rotatable bonds is 8. The number of carbonyl (C=O) groups is 2. The van der Waals surface area contributed by atoms with E-state index in [1.165, 1.54) is 31.9 Å². The molecule has 2 aromatic carbocycles. The van der Waals surface area contributed by atoms with Gasteiger partial charge in [-0.25, -0.2) is 4.79 Å². The Kier molecular flexibility index (Phi) is 7.55. The molecule has 0 unspecified atom stereocenters. The largest absolute Gasteiger partial charge is 0.493 e. The minimum atomic E-state index is -0.643. The third kappa shape index (κ3) is 5.90. The first-order valence-electron chi connectivity index (χ1n) is 9.92. The molecular formula is C24H31NO6. The van der Waals surface area contributed by atoms with E-state index in [2.05, 4.69) is 32.9 Å². The molecule has 0 spiro atoms. The van der Waals surface area contributed by atoms with Gasteiger partial charge in [-0.1, -0.05) is 32.9 Å². The highest BCUT2D eigenvalue weighted by Gasteiger charge is 2.21. The molecule has 0 heterocycles. The second-order valence-corrected chi connectivity index (χ2v) is 8.38. The van der Waals surface area contributed by atoms with Crippen molar-refractivity contribution in [1.82, 2.24) is 0 Å². The second-order valence-electron chi connectivity index (χ2n) is 8.38. The van der Waals surface area contributed by atoms with E-state index < -0.39 is 11.9 Å². The molecule has 0 aliphatic rings. The maximum Gasteiger partial charge on any atom is 0.338 e. The van der Waals surface area contributed by atoms with Crippen LogP contribution in [0.5, 0.6) is 17.2 Å². The number of primary amides is 1. The summed E-state index contributed by atoms with van der Waals surface area (Å²) in [5.41, 5.74) is 9.76. The highest BCUT2D eigenvalue weighted by atomic mass is 16.5. The molecule has 2 rings (SSSR count). The fourth-order valence-corrected chi connectivity index (χ4v) is 3.16. The van der Waals surface area contributed by atoms with Crippen molar-refractivity contribution in [2.45, 2.75) is 46.6 Å². The molecule has 168 valence electrons. The predicted octanol–water partition coefficient (Wildman–Crippen LogP) is 3.84. The first-order chi connectivity index (χ1) is 14.5. The van der Waals surface area contributed by atoms with Crippen LogP contribution in [0, 0.1) is 13.8 Å². The minimum absolute atomic E-state index is 0.0379. The summed E-state index contributed by atoms with van der Waals surface area (Å²) < 4.78 is 21.5. The summed E-state index contributed by atoms with van der Waals surface area (Å²) in [7, 11) is 2.84.